The van der Waals surface area contributed by atoms with Crippen LogP contribution in [0, 0.1) is 6.92 Å². The van der Waals surface area contributed by atoms with Crippen LogP contribution in [0.2, 0.25) is 0 Å². The lowest BCUT2D eigenvalue weighted by molar-refractivity contribution is 0.384. The molecular weight excluding hydrogens is 202 g/mol. The molecule has 1 aromatic rings. The highest BCUT2D eigenvalue weighted by Crippen LogP contribution is 2.31. The van der Waals surface area contributed by atoms with E-state index < -0.39 is 0 Å². The summed E-state index contributed by atoms with van der Waals surface area (Å²) in [5, 5.41) is 0. The minimum atomic E-state index is 0.182. The third-order valence-electron chi connectivity index (χ3n) is 2.87. The first kappa shape index (κ1) is 12.8. The highest BCUT2D eigenvalue weighted by atomic mass is 16.5. The van der Waals surface area contributed by atoms with E-state index in [1.54, 1.807) is 14.2 Å². The molecule has 1 rings (SSSR count). The van der Waals surface area contributed by atoms with Gasteiger partial charge in [0.2, 0.25) is 0 Å². The Balaban J connectivity index is 3.05. The minimum absolute atomic E-state index is 0.182. The molecule has 90 valence electrons. The molecule has 0 heterocycles. The van der Waals surface area contributed by atoms with E-state index in [1.165, 1.54) is 0 Å². The standard InChI is InChI=1S/C13H21NO2/c1-5-11(14)8-10-6-7-12(15-3)9(2)13(10)16-4/h6-7,11H,5,8,14H2,1-4H3. The Kier molecular flexibility index (Phi) is 4.62. The zero-order chi connectivity index (χ0) is 12.1. The van der Waals surface area contributed by atoms with Gasteiger partial charge in [0, 0.05) is 11.6 Å². The van der Waals surface area contributed by atoms with Gasteiger partial charge in [-0.1, -0.05) is 13.0 Å². The molecule has 0 amide bonds. The summed E-state index contributed by atoms with van der Waals surface area (Å²) in [6, 6.07) is 4.18. The fourth-order valence-electron chi connectivity index (χ4n) is 1.82. The number of rotatable bonds is 5. The van der Waals surface area contributed by atoms with Crippen molar-refractivity contribution < 1.29 is 9.47 Å². The molecule has 16 heavy (non-hydrogen) atoms. The van der Waals surface area contributed by atoms with Gasteiger partial charge in [-0.25, -0.2) is 0 Å². The first-order chi connectivity index (χ1) is 7.63. The molecule has 0 aromatic heterocycles. The Morgan fingerprint density at radius 1 is 1.25 bits per heavy atom. The van der Waals surface area contributed by atoms with Crippen LogP contribution in [-0.4, -0.2) is 20.3 Å². The molecule has 1 unspecified atom stereocenters. The van der Waals surface area contributed by atoms with E-state index in [0.29, 0.717) is 0 Å². The average molecular weight is 223 g/mol. The van der Waals surface area contributed by atoms with Crippen molar-refractivity contribution in [3.8, 4) is 11.5 Å². The summed E-state index contributed by atoms with van der Waals surface area (Å²) in [6.07, 6.45) is 1.80. The molecular formula is C13H21NO2. The van der Waals surface area contributed by atoms with Gasteiger partial charge in [0.25, 0.3) is 0 Å². The summed E-state index contributed by atoms with van der Waals surface area (Å²) in [6.45, 7) is 4.09. The van der Waals surface area contributed by atoms with Crippen molar-refractivity contribution in [3.05, 3.63) is 23.3 Å². The summed E-state index contributed by atoms with van der Waals surface area (Å²) in [5.41, 5.74) is 8.14. The van der Waals surface area contributed by atoms with Crippen LogP contribution in [0.4, 0.5) is 0 Å². The zero-order valence-corrected chi connectivity index (χ0v) is 10.5. The van der Waals surface area contributed by atoms with Crippen molar-refractivity contribution in [2.45, 2.75) is 32.7 Å². The summed E-state index contributed by atoms with van der Waals surface area (Å²) in [7, 11) is 3.35. The maximum Gasteiger partial charge on any atom is 0.128 e. The van der Waals surface area contributed by atoms with Crippen molar-refractivity contribution in [1.82, 2.24) is 0 Å². The lowest BCUT2D eigenvalue weighted by atomic mass is 10.0. The van der Waals surface area contributed by atoms with Gasteiger partial charge in [0.1, 0.15) is 11.5 Å². The predicted molar refractivity (Wildman–Crippen MR) is 66.3 cm³/mol. The number of methoxy groups -OCH3 is 2. The van der Waals surface area contributed by atoms with Gasteiger partial charge in [0.15, 0.2) is 0 Å². The Labute approximate surface area is 97.6 Å². The lowest BCUT2D eigenvalue weighted by Gasteiger charge is -2.16. The first-order valence-electron chi connectivity index (χ1n) is 5.60. The first-order valence-corrected chi connectivity index (χ1v) is 5.60. The molecule has 0 bridgehead atoms. The summed E-state index contributed by atoms with van der Waals surface area (Å²) >= 11 is 0. The summed E-state index contributed by atoms with van der Waals surface area (Å²) < 4.78 is 10.7. The van der Waals surface area contributed by atoms with Crippen LogP contribution in [0.25, 0.3) is 0 Å². The Morgan fingerprint density at radius 2 is 1.94 bits per heavy atom. The number of nitrogens with two attached hydrogens (primary N) is 1. The van der Waals surface area contributed by atoms with Gasteiger partial charge in [-0.2, -0.15) is 0 Å². The molecule has 0 aliphatic carbocycles. The van der Waals surface area contributed by atoms with E-state index >= 15 is 0 Å². The predicted octanol–water partition coefficient (Wildman–Crippen LogP) is 2.29. The molecule has 2 N–H and O–H groups in total. The van der Waals surface area contributed by atoms with Crippen LogP contribution in [-0.2, 0) is 6.42 Å². The van der Waals surface area contributed by atoms with Crippen LogP contribution < -0.4 is 15.2 Å². The van der Waals surface area contributed by atoms with Gasteiger partial charge in [-0.05, 0) is 31.4 Å². The van der Waals surface area contributed by atoms with Crippen LogP contribution in [0.5, 0.6) is 11.5 Å². The number of benzene rings is 1. The zero-order valence-electron chi connectivity index (χ0n) is 10.5. The average Bonchev–Trinajstić information content (AvgIpc) is 2.29. The van der Waals surface area contributed by atoms with Gasteiger partial charge in [-0.15, -0.1) is 0 Å². The Hall–Kier alpha value is -1.22. The normalized spacial score (nSPS) is 12.3. The molecule has 0 spiro atoms. The van der Waals surface area contributed by atoms with E-state index in [0.717, 1.165) is 35.5 Å². The van der Waals surface area contributed by atoms with Crippen LogP contribution in [0.1, 0.15) is 24.5 Å². The van der Waals surface area contributed by atoms with Gasteiger partial charge < -0.3 is 15.2 Å². The molecule has 1 atom stereocenters. The molecule has 0 aliphatic rings. The van der Waals surface area contributed by atoms with Crippen molar-refractivity contribution in [3.63, 3.8) is 0 Å². The van der Waals surface area contributed by atoms with Crippen molar-refractivity contribution in [2.24, 2.45) is 5.73 Å². The van der Waals surface area contributed by atoms with E-state index in [-0.39, 0.29) is 6.04 Å². The van der Waals surface area contributed by atoms with Crippen molar-refractivity contribution >= 4 is 0 Å². The highest BCUT2D eigenvalue weighted by molar-refractivity contribution is 5.49. The molecule has 3 heteroatoms. The van der Waals surface area contributed by atoms with E-state index in [2.05, 4.69) is 6.92 Å². The largest absolute Gasteiger partial charge is 0.496 e. The molecule has 1 aromatic carbocycles. The fourth-order valence-corrected chi connectivity index (χ4v) is 1.82. The van der Waals surface area contributed by atoms with Crippen LogP contribution in [0.15, 0.2) is 12.1 Å². The van der Waals surface area contributed by atoms with E-state index in [9.17, 15) is 0 Å². The second-order valence-corrected chi connectivity index (χ2v) is 3.96. The topological polar surface area (TPSA) is 44.5 Å². The second kappa shape index (κ2) is 5.75. The molecule has 0 saturated heterocycles. The highest BCUT2D eigenvalue weighted by Gasteiger charge is 2.12. The quantitative estimate of drug-likeness (QED) is 0.833. The smallest absolute Gasteiger partial charge is 0.128 e. The van der Waals surface area contributed by atoms with Gasteiger partial charge >= 0.3 is 0 Å². The number of hydrogen-bond donors (Lipinski definition) is 1. The lowest BCUT2D eigenvalue weighted by Crippen LogP contribution is -2.21. The third kappa shape index (κ3) is 2.67. The molecule has 0 aliphatic heterocycles. The maximum absolute atomic E-state index is 5.96. The van der Waals surface area contributed by atoms with E-state index in [4.69, 9.17) is 15.2 Å². The summed E-state index contributed by atoms with van der Waals surface area (Å²) in [4.78, 5) is 0. The number of hydrogen-bond acceptors (Lipinski definition) is 3. The SMILES string of the molecule is CCC(N)Cc1ccc(OC)c(C)c1OC. The molecule has 0 saturated carbocycles. The number of ether oxygens (including phenoxy) is 2. The van der Waals surface area contributed by atoms with Crippen molar-refractivity contribution in [1.29, 1.82) is 0 Å². The maximum atomic E-state index is 5.96. The Morgan fingerprint density at radius 3 is 2.44 bits per heavy atom. The van der Waals surface area contributed by atoms with Crippen molar-refractivity contribution in [2.75, 3.05) is 14.2 Å². The monoisotopic (exact) mass is 223 g/mol. The van der Waals surface area contributed by atoms with Gasteiger partial charge in [0.05, 0.1) is 14.2 Å². The minimum Gasteiger partial charge on any atom is -0.496 e. The van der Waals surface area contributed by atoms with E-state index in [1.807, 2.05) is 19.1 Å². The summed E-state index contributed by atoms with van der Waals surface area (Å²) in [5.74, 6) is 1.74. The van der Waals surface area contributed by atoms with Crippen LogP contribution in [0.3, 0.4) is 0 Å². The molecule has 3 nitrogen and oxygen atoms in total. The Bertz CT molecular complexity index is 350. The molecule has 0 fully saturated rings. The van der Waals surface area contributed by atoms with Crippen LogP contribution >= 0.6 is 0 Å². The third-order valence-corrected chi connectivity index (χ3v) is 2.87. The second-order valence-electron chi connectivity index (χ2n) is 3.96. The molecule has 0 radical (unpaired) electrons. The fraction of sp³-hybridized carbons (Fsp3) is 0.538. The van der Waals surface area contributed by atoms with Gasteiger partial charge in [-0.3, -0.25) is 0 Å².